The summed E-state index contributed by atoms with van der Waals surface area (Å²) in [7, 11) is 3.21. The number of hydrogen-bond donors (Lipinski definition) is 6. The van der Waals surface area contributed by atoms with Gasteiger partial charge in [-0.1, -0.05) is 218 Å². The Bertz CT molecular complexity index is 6040. The van der Waals surface area contributed by atoms with Crippen LogP contribution in [0.5, 0.6) is 11.5 Å². The highest BCUT2D eigenvalue weighted by Gasteiger charge is 2.48. The second-order valence-corrected chi connectivity index (χ2v) is 45.1. The van der Waals surface area contributed by atoms with Gasteiger partial charge in [0.1, 0.15) is 59.4 Å². The molecule has 6 aromatic rings. The van der Waals surface area contributed by atoms with E-state index in [-0.39, 0.29) is 115 Å². The van der Waals surface area contributed by atoms with Crippen molar-refractivity contribution in [1.29, 1.82) is 0 Å². The molecule has 30 heteroatoms. The summed E-state index contributed by atoms with van der Waals surface area (Å²) in [6, 6.07) is 19.0. The van der Waals surface area contributed by atoms with Crippen molar-refractivity contribution in [2.75, 3.05) is 14.2 Å². The highest BCUT2D eigenvalue weighted by atomic mass is 35.5. The number of nitrogens with zero attached hydrogens (tertiary/aromatic N) is 6. The van der Waals surface area contributed by atoms with Crippen molar-refractivity contribution in [3.8, 4) is 11.5 Å². The Morgan fingerprint density at radius 1 is 0.307 bits per heavy atom. The van der Waals surface area contributed by atoms with Gasteiger partial charge >= 0.3 is 0 Å². The van der Waals surface area contributed by atoms with Crippen molar-refractivity contribution in [1.82, 2.24) is 61.3 Å². The molecule has 0 spiro atoms. The van der Waals surface area contributed by atoms with Crippen molar-refractivity contribution in [3.63, 3.8) is 0 Å². The first-order valence-electron chi connectivity index (χ1n) is 47.7. The summed E-state index contributed by atoms with van der Waals surface area (Å²) in [5.74, 6) is -1.75. The minimum atomic E-state index is -0.558. The van der Waals surface area contributed by atoms with E-state index < -0.39 is 48.0 Å². The molecule has 6 fully saturated rings. The number of carbonyl (C=O) groups excluding carboxylic acids is 12. The molecule has 26 nitrogen and oxygen atoms in total. The molecule has 6 aromatic carbocycles. The molecule has 744 valence electrons. The van der Waals surface area contributed by atoms with E-state index in [0.29, 0.717) is 199 Å². The van der Waals surface area contributed by atoms with Gasteiger partial charge in [-0.15, -0.1) is 0 Å². The number of allylic oxidation sites excluding steroid dienone is 6. The van der Waals surface area contributed by atoms with Gasteiger partial charge in [0.2, 0.25) is 35.4 Å². The molecular weight excluding hydrogens is 1820 g/mol. The molecule has 6 N–H and O–H groups in total. The predicted octanol–water partition coefficient (Wildman–Crippen LogP) is 18.0. The predicted molar refractivity (Wildman–Crippen MR) is 535 cm³/mol. The van der Waals surface area contributed by atoms with Crippen LogP contribution in [-0.4, -0.2) is 151 Å². The van der Waals surface area contributed by atoms with E-state index in [0.717, 1.165) is 61.4 Å². The van der Waals surface area contributed by atoms with Gasteiger partial charge in [0, 0.05) is 94.7 Å². The Kier molecular flexibility index (Phi) is 29.8. The van der Waals surface area contributed by atoms with E-state index in [1.165, 1.54) is 21.9 Å². The number of hydrogen-bond acceptors (Lipinski definition) is 14. The van der Waals surface area contributed by atoms with Crippen LogP contribution in [0, 0.1) is 11.6 Å². The van der Waals surface area contributed by atoms with E-state index in [4.69, 9.17) is 32.7 Å². The van der Waals surface area contributed by atoms with E-state index in [2.05, 4.69) is 161 Å². The number of ether oxygens (including phenoxy) is 2. The van der Waals surface area contributed by atoms with E-state index in [1.807, 2.05) is 90.1 Å². The number of halogens is 4. The molecule has 12 heterocycles. The van der Waals surface area contributed by atoms with Crippen LogP contribution in [0.1, 0.15) is 331 Å². The van der Waals surface area contributed by atoms with Gasteiger partial charge in [0.15, 0.2) is 0 Å². The molecular formula is C110H132Cl2F2N12O14. The van der Waals surface area contributed by atoms with Crippen LogP contribution in [0.25, 0.3) is 0 Å². The van der Waals surface area contributed by atoms with Crippen molar-refractivity contribution in [2.24, 2.45) is 0 Å². The maximum atomic E-state index is 14.5. The van der Waals surface area contributed by atoms with Gasteiger partial charge in [0.25, 0.3) is 35.4 Å². The Morgan fingerprint density at radius 3 is 0.964 bits per heavy atom. The van der Waals surface area contributed by atoms with Crippen molar-refractivity contribution >= 4 is 94.1 Å². The van der Waals surface area contributed by atoms with Crippen LogP contribution in [-0.2, 0) is 101 Å². The zero-order chi connectivity index (χ0) is 103. The monoisotopic (exact) mass is 1950 g/mol. The molecule has 0 saturated carbocycles. The molecule has 140 heavy (non-hydrogen) atoms. The third-order valence-electron chi connectivity index (χ3n) is 27.8. The summed E-state index contributed by atoms with van der Waals surface area (Å²) >= 11 is 13.0. The summed E-state index contributed by atoms with van der Waals surface area (Å²) in [5.41, 5.74) is 17.0. The molecule has 12 amide bonds. The Labute approximate surface area is 830 Å². The summed E-state index contributed by atoms with van der Waals surface area (Å²) in [6.07, 6.45) is 7.57. The Hall–Kier alpha value is -12.6. The lowest BCUT2D eigenvalue weighted by Gasteiger charge is -2.31. The Balaban J connectivity index is 0.000000141. The topological polar surface area (TPSA) is 315 Å². The van der Waals surface area contributed by atoms with Crippen LogP contribution < -0.4 is 41.4 Å². The van der Waals surface area contributed by atoms with Crippen LogP contribution in [0.2, 0.25) is 10.0 Å². The second-order valence-electron chi connectivity index (χ2n) is 44.3. The lowest BCUT2D eigenvalue weighted by atomic mass is 9.84. The summed E-state index contributed by atoms with van der Waals surface area (Å²) in [5, 5.41) is 17.5. The quantitative estimate of drug-likeness (QED) is 0.0825. The van der Waals surface area contributed by atoms with Gasteiger partial charge in [-0.2, -0.15) is 0 Å². The van der Waals surface area contributed by atoms with Crippen molar-refractivity contribution in [3.05, 3.63) is 268 Å². The number of carbonyl (C=O) groups is 12. The van der Waals surface area contributed by atoms with Crippen LogP contribution in [0.4, 0.5) is 8.78 Å². The molecule has 6 saturated heterocycles. The molecule has 0 bridgehead atoms. The second kappa shape index (κ2) is 39.9. The fraction of sp³-hybridized carbons (Fsp3) is 0.455. The van der Waals surface area contributed by atoms with Gasteiger partial charge < -0.3 is 70.8 Å². The normalized spacial score (nSPS) is 21.3. The lowest BCUT2D eigenvalue weighted by molar-refractivity contribution is -0.127. The third kappa shape index (κ3) is 21.7. The number of nitrogens with one attached hydrogen (secondary N) is 6. The number of amides is 12. The zero-order valence-electron chi connectivity index (χ0n) is 84.3. The number of fused-ring (bicyclic) bond motifs is 6. The van der Waals surface area contributed by atoms with Crippen molar-refractivity contribution in [2.45, 2.75) is 310 Å². The summed E-state index contributed by atoms with van der Waals surface area (Å²) in [6.45, 7) is 62.1. The highest BCUT2D eigenvalue weighted by molar-refractivity contribution is 6.34. The average Bonchev–Trinajstić information content (AvgIpc) is 1.62. The van der Waals surface area contributed by atoms with Gasteiger partial charge in [-0.3, -0.25) is 57.5 Å². The standard InChI is InChI=1S/2C19H24N2O3.2C18H21ClN2O2.2C18H21FN2O2/c1-11-6-9-15(17(22)20-11)21-10-13-12(18(21)23)7-8-14(16(13)24-5)19(2,3)4;1-11-6-7-14(17(22)20-11)21-10-12-8-13(19(2,3)4)9-15(24-5)16(12)18(21)23;1-10-5-8-14(16(22)20-10)21-9-12-11(17(21)23)6-7-13(15(12)19)18(2,3)4;1-10-5-6-14(16(22)20-10)21-9-11-7-12(18(2,3)4)8-13(19)15(11)17(21)23;1-10-5-6-15(16(22)20-10)21-9-11-7-13(18(2,3)4)14(19)8-12(11)17(21)23;1-10-5-6-14(16(22)20-10)21-9-11-7-12(18(2,3)4)8-13(19)15(11)17(21)23/h7-8,15H,1,6,9-10H2,2-5H3,(H,20,22);8-9,14H,1,6-7,10H2,2-5H3,(H,20,22);6-7,14H,1,5,8-9H2,2-4H3,(H,20,22);7-8,14H,1,5-6,9H2,2-4H3,(H,20,22);7-8,15H,1,5-6,9H2,2-4H3,(H,20,22);7-8,14H,1,5-6,9H2,2-4H3,(H,20,22). The largest absolute Gasteiger partial charge is 0.496 e. The molecule has 6 atom stereocenters. The average molecular weight is 1960 g/mol. The smallest absolute Gasteiger partial charge is 0.258 e. The fourth-order valence-corrected chi connectivity index (χ4v) is 20.5. The lowest BCUT2D eigenvalue weighted by Crippen LogP contribution is -2.49. The van der Waals surface area contributed by atoms with Crippen molar-refractivity contribution < 1.29 is 75.8 Å². The number of rotatable bonds is 8. The molecule has 0 radical (unpaired) electrons. The van der Waals surface area contributed by atoms with E-state index >= 15 is 0 Å². The number of piperidine rings is 6. The van der Waals surface area contributed by atoms with E-state index in [9.17, 15) is 66.3 Å². The van der Waals surface area contributed by atoms with Crippen LogP contribution >= 0.6 is 23.2 Å². The summed E-state index contributed by atoms with van der Waals surface area (Å²) in [4.78, 5) is 159. The van der Waals surface area contributed by atoms with Gasteiger partial charge in [-0.25, -0.2) is 8.78 Å². The Morgan fingerprint density at radius 2 is 0.607 bits per heavy atom. The maximum absolute atomic E-state index is 14.5. The zero-order valence-corrected chi connectivity index (χ0v) is 85.8. The highest BCUT2D eigenvalue weighted by Crippen LogP contribution is 2.46. The molecule has 0 aliphatic carbocycles. The fourth-order valence-electron chi connectivity index (χ4n) is 19.7. The molecule has 18 rings (SSSR count). The maximum Gasteiger partial charge on any atom is 0.258 e. The van der Waals surface area contributed by atoms with Crippen LogP contribution in [0.3, 0.4) is 0 Å². The first-order valence-corrected chi connectivity index (χ1v) is 48.5. The molecule has 12 aliphatic rings. The molecule has 6 unspecified atom stereocenters. The number of methoxy groups -OCH3 is 2. The van der Waals surface area contributed by atoms with Gasteiger partial charge in [-0.05, 0) is 208 Å². The SMILES string of the molecule is C=C1CCC(N2Cc3c(ccc(C(C)(C)C)c3Cl)C2=O)C(=O)N1.C=C1CCC(N2Cc3c(ccc(C(C)(C)C)c3OC)C2=O)C(=O)N1.C=C1CCC(N2Cc3cc(C(C)(C)C)c(F)cc3C2=O)C(=O)N1.C=C1CCC(N2Cc3cc(C(C)(C)C)cc(Cl)c3C2=O)C(=O)N1.C=C1CCC(N2Cc3cc(C(C)(C)C)cc(F)c3C2=O)C(=O)N1.C=C1CCC(N2Cc3cc(C(C)(C)C)cc(OC)c3C2=O)C(=O)N1. The number of benzene rings is 6. The minimum absolute atomic E-state index is 0.0429. The summed E-state index contributed by atoms with van der Waals surface area (Å²) < 4.78 is 39.9. The third-order valence-corrected chi connectivity index (χ3v) is 28.5. The molecule has 0 aromatic heterocycles. The van der Waals surface area contributed by atoms with E-state index in [1.54, 1.807) is 39.9 Å². The van der Waals surface area contributed by atoms with Crippen LogP contribution in [0.15, 0.2) is 146 Å². The first kappa shape index (κ1) is 105. The molecule has 12 aliphatic heterocycles. The van der Waals surface area contributed by atoms with Gasteiger partial charge in [0.05, 0.1) is 47.5 Å². The minimum Gasteiger partial charge on any atom is -0.496 e. The first-order chi connectivity index (χ1) is 65.2.